The molecule has 0 aliphatic carbocycles. The SMILES string of the molecule is NC(=O)[C@H](Cc1cccs1)Nc1ccc(-c2ccncc2)cc1. The second kappa shape index (κ2) is 7.07. The molecular weight excluding hydrogens is 306 g/mol. The highest BCUT2D eigenvalue weighted by Crippen LogP contribution is 2.21. The number of primary amides is 1. The molecule has 0 saturated heterocycles. The minimum atomic E-state index is -0.416. The molecule has 3 rings (SSSR count). The van der Waals surface area contributed by atoms with Gasteiger partial charge in [-0.2, -0.15) is 0 Å². The Balaban J connectivity index is 1.72. The van der Waals surface area contributed by atoms with Gasteiger partial charge in [0.2, 0.25) is 5.91 Å². The lowest BCUT2D eigenvalue weighted by Gasteiger charge is -2.16. The van der Waals surface area contributed by atoms with Crippen LogP contribution >= 0.6 is 11.3 Å². The van der Waals surface area contributed by atoms with Gasteiger partial charge in [-0.1, -0.05) is 18.2 Å². The number of carbonyl (C=O) groups is 1. The van der Waals surface area contributed by atoms with E-state index >= 15 is 0 Å². The van der Waals surface area contributed by atoms with Crippen molar-refractivity contribution >= 4 is 22.9 Å². The monoisotopic (exact) mass is 323 g/mol. The van der Waals surface area contributed by atoms with Crippen molar-refractivity contribution in [1.82, 2.24) is 4.98 Å². The highest BCUT2D eigenvalue weighted by atomic mass is 32.1. The molecule has 0 bridgehead atoms. The van der Waals surface area contributed by atoms with Gasteiger partial charge in [0, 0.05) is 29.4 Å². The summed E-state index contributed by atoms with van der Waals surface area (Å²) in [6.45, 7) is 0. The second-order valence-electron chi connectivity index (χ2n) is 5.20. The zero-order valence-corrected chi connectivity index (χ0v) is 13.3. The summed E-state index contributed by atoms with van der Waals surface area (Å²) in [6, 6.07) is 15.4. The molecule has 3 aromatic rings. The maximum absolute atomic E-state index is 11.7. The van der Waals surface area contributed by atoms with E-state index in [1.807, 2.05) is 53.9 Å². The number of nitrogens with zero attached hydrogens (tertiary/aromatic N) is 1. The van der Waals surface area contributed by atoms with Gasteiger partial charge in [-0.3, -0.25) is 9.78 Å². The lowest BCUT2D eigenvalue weighted by molar-refractivity contribution is -0.118. The fraction of sp³-hybridized carbons (Fsp3) is 0.111. The number of aromatic nitrogens is 1. The molecule has 1 amide bonds. The Hall–Kier alpha value is -2.66. The molecule has 5 heteroatoms. The fourth-order valence-electron chi connectivity index (χ4n) is 2.36. The van der Waals surface area contributed by atoms with Gasteiger partial charge in [0.25, 0.3) is 0 Å². The number of pyridine rings is 1. The fourth-order valence-corrected chi connectivity index (χ4v) is 3.11. The van der Waals surface area contributed by atoms with Crippen LogP contribution in [-0.4, -0.2) is 16.9 Å². The Bertz CT molecular complexity index is 755. The first kappa shape index (κ1) is 15.2. The quantitative estimate of drug-likeness (QED) is 0.731. The van der Waals surface area contributed by atoms with Crippen molar-refractivity contribution in [2.45, 2.75) is 12.5 Å². The molecule has 0 spiro atoms. The van der Waals surface area contributed by atoms with Gasteiger partial charge >= 0.3 is 0 Å². The van der Waals surface area contributed by atoms with E-state index in [1.54, 1.807) is 23.7 Å². The molecular formula is C18H17N3OS. The summed E-state index contributed by atoms with van der Waals surface area (Å²) in [5.74, 6) is -0.350. The number of anilines is 1. The number of nitrogens with two attached hydrogens (primary N) is 1. The van der Waals surface area contributed by atoms with E-state index < -0.39 is 6.04 Å². The minimum Gasteiger partial charge on any atom is -0.373 e. The van der Waals surface area contributed by atoms with Crippen LogP contribution in [0.2, 0.25) is 0 Å². The maximum atomic E-state index is 11.7. The molecule has 3 N–H and O–H groups in total. The number of rotatable bonds is 6. The smallest absolute Gasteiger partial charge is 0.240 e. The molecule has 2 heterocycles. The van der Waals surface area contributed by atoms with Crippen LogP contribution in [0.1, 0.15) is 4.88 Å². The van der Waals surface area contributed by atoms with Crippen LogP contribution in [-0.2, 0) is 11.2 Å². The summed E-state index contributed by atoms with van der Waals surface area (Å²) in [5, 5.41) is 5.21. The summed E-state index contributed by atoms with van der Waals surface area (Å²) in [6.07, 6.45) is 4.14. The van der Waals surface area contributed by atoms with E-state index in [-0.39, 0.29) is 5.91 Å². The first-order valence-electron chi connectivity index (χ1n) is 7.31. The van der Waals surface area contributed by atoms with Gasteiger partial charge in [0.15, 0.2) is 0 Å². The normalized spacial score (nSPS) is 11.8. The number of hydrogen-bond acceptors (Lipinski definition) is 4. The number of thiophene rings is 1. The van der Waals surface area contributed by atoms with Crippen molar-refractivity contribution in [2.75, 3.05) is 5.32 Å². The van der Waals surface area contributed by atoms with Gasteiger partial charge in [0.05, 0.1) is 0 Å². The van der Waals surface area contributed by atoms with Crippen LogP contribution in [0.3, 0.4) is 0 Å². The number of benzene rings is 1. The molecule has 2 aromatic heterocycles. The van der Waals surface area contributed by atoms with E-state index in [0.717, 1.165) is 21.7 Å². The Morgan fingerprint density at radius 1 is 1.09 bits per heavy atom. The Morgan fingerprint density at radius 3 is 2.39 bits per heavy atom. The van der Waals surface area contributed by atoms with E-state index in [0.29, 0.717) is 6.42 Å². The third-order valence-electron chi connectivity index (χ3n) is 3.57. The van der Waals surface area contributed by atoms with Gasteiger partial charge in [-0.25, -0.2) is 0 Å². The van der Waals surface area contributed by atoms with Crippen molar-refractivity contribution in [3.8, 4) is 11.1 Å². The van der Waals surface area contributed by atoms with Crippen molar-refractivity contribution in [3.63, 3.8) is 0 Å². The number of carbonyl (C=O) groups excluding carboxylic acids is 1. The summed E-state index contributed by atoms with van der Waals surface area (Å²) in [5.41, 5.74) is 8.61. The van der Waals surface area contributed by atoms with Crippen LogP contribution in [0, 0.1) is 0 Å². The topological polar surface area (TPSA) is 68.0 Å². The average molecular weight is 323 g/mol. The summed E-state index contributed by atoms with van der Waals surface area (Å²) < 4.78 is 0. The van der Waals surface area contributed by atoms with E-state index in [2.05, 4.69) is 10.3 Å². The van der Waals surface area contributed by atoms with Crippen molar-refractivity contribution in [1.29, 1.82) is 0 Å². The zero-order chi connectivity index (χ0) is 16.1. The van der Waals surface area contributed by atoms with Crippen molar-refractivity contribution < 1.29 is 4.79 Å². The van der Waals surface area contributed by atoms with Crippen molar-refractivity contribution in [3.05, 3.63) is 71.2 Å². The van der Waals surface area contributed by atoms with E-state index in [4.69, 9.17) is 5.73 Å². The molecule has 1 atom stereocenters. The molecule has 0 aliphatic heterocycles. The van der Waals surface area contributed by atoms with Gasteiger partial charge in [-0.15, -0.1) is 11.3 Å². The largest absolute Gasteiger partial charge is 0.373 e. The molecule has 0 radical (unpaired) electrons. The van der Waals surface area contributed by atoms with Gasteiger partial charge in [0.1, 0.15) is 6.04 Å². The molecule has 0 unspecified atom stereocenters. The number of nitrogens with one attached hydrogen (secondary N) is 1. The molecule has 23 heavy (non-hydrogen) atoms. The highest BCUT2D eigenvalue weighted by Gasteiger charge is 2.16. The zero-order valence-electron chi connectivity index (χ0n) is 12.5. The summed E-state index contributed by atoms with van der Waals surface area (Å²) in [7, 11) is 0. The Morgan fingerprint density at radius 2 is 1.78 bits per heavy atom. The molecule has 4 nitrogen and oxygen atoms in total. The lowest BCUT2D eigenvalue weighted by atomic mass is 10.1. The van der Waals surface area contributed by atoms with Crippen molar-refractivity contribution in [2.24, 2.45) is 5.73 Å². The third-order valence-corrected chi connectivity index (χ3v) is 4.47. The molecule has 0 aliphatic rings. The maximum Gasteiger partial charge on any atom is 0.240 e. The molecule has 116 valence electrons. The van der Waals surface area contributed by atoms with Crippen LogP contribution in [0.5, 0.6) is 0 Å². The first-order valence-corrected chi connectivity index (χ1v) is 8.19. The summed E-state index contributed by atoms with van der Waals surface area (Å²) in [4.78, 5) is 16.8. The Kier molecular flexibility index (Phi) is 4.68. The Labute approximate surface area is 139 Å². The minimum absolute atomic E-state index is 0.350. The standard InChI is InChI=1S/C18H17N3OS/c19-18(22)17(12-16-2-1-11-23-16)21-15-5-3-13(4-6-15)14-7-9-20-10-8-14/h1-11,17,21H,12H2,(H2,19,22)/t17-/m0/s1. The lowest BCUT2D eigenvalue weighted by Crippen LogP contribution is -2.37. The highest BCUT2D eigenvalue weighted by molar-refractivity contribution is 7.09. The molecule has 0 fully saturated rings. The van der Waals surface area contributed by atoms with Crippen LogP contribution in [0.15, 0.2) is 66.3 Å². The van der Waals surface area contributed by atoms with Crippen LogP contribution < -0.4 is 11.1 Å². The third kappa shape index (κ3) is 3.96. The predicted molar refractivity (Wildman–Crippen MR) is 94.3 cm³/mol. The summed E-state index contributed by atoms with van der Waals surface area (Å²) >= 11 is 1.63. The first-order chi connectivity index (χ1) is 11.2. The molecule has 1 aromatic carbocycles. The van der Waals surface area contributed by atoms with Crippen LogP contribution in [0.25, 0.3) is 11.1 Å². The van der Waals surface area contributed by atoms with E-state index in [9.17, 15) is 4.79 Å². The van der Waals surface area contributed by atoms with Gasteiger partial charge < -0.3 is 11.1 Å². The van der Waals surface area contributed by atoms with Gasteiger partial charge in [-0.05, 0) is 46.8 Å². The average Bonchev–Trinajstić information content (AvgIpc) is 3.09. The number of hydrogen-bond donors (Lipinski definition) is 2. The second-order valence-corrected chi connectivity index (χ2v) is 6.23. The number of amides is 1. The van der Waals surface area contributed by atoms with Crippen LogP contribution in [0.4, 0.5) is 5.69 Å². The van der Waals surface area contributed by atoms with E-state index in [1.165, 1.54) is 0 Å². The molecule has 0 saturated carbocycles. The predicted octanol–water partition coefficient (Wildman–Crippen LogP) is 3.32.